The Hall–Kier alpha value is -0.390. The minimum atomic E-state index is -0.427. The summed E-state index contributed by atoms with van der Waals surface area (Å²) in [7, 11) is 0. The first-order valence-electron chi connectivity index (χ1n) is 12.6. The predicted molar refractivity (Wildman–Crippen MR) is 122 cm³/mol. The van der Waals surface area contributed by atoms with E-state index in [1.165, 1.54) is 83.5 Å². The van der Waals surface area contributed by atoms with Gasteiger partial charge in [-0.2, -0.15) is 0 Å². The van der Waals surface area contributed by atoms with Gasteiger partial charge in [0.1, 0.15) is 25.0 Å². The Morgan fingerprint density at radius 2 is 1.33 bits per heavy atom. The third kappa shape index (κ3) is 17.3. The summed E-state index contributed by atoms with van der Waals surface area (Å²) >= 11 is 0. The van der Waals surface area contributed by atoms with Crippen LogP contribution < -0.4 is 21.5 Å². The quantitative estimate of drug-likeness (QED) is 0.213. The molecular formula is C25H49BrN2O2. The second-order valence-corrected chi connectivity index (χ2v) is 8.67. The molecule has 1 aromatic rings. The lowest BCUT2D eigenvalue weighted by Crippen LogP contribution is -3.00. The first-order valence-corrected chi connectivity index (χ1v) is 12.6. The SMILES string of the molecule is CCCCCCCCCCCCCCCCOCC(O)C[n+]1ccn(CCC)c1.[Br-]. The summed E-state index contributed by atoms with van der Waals surface area (Å²) in [6, 6.07) is 0. The van der Waals surface area contributed by atoms with Crippen molar-refractivity contribution in [1.82, 2.24) is 4.57 Å². The van der Waals surface area contributed by atoms with Gasteiger partial charge >= 0.3 is 0 Å². The molecule has 1 heterocycles. The first-order chi connectivity index (χ1) is 14.3. The predicted octanol–water partition coefficient (Wildman–Crippen LogP) is 3.05. The fourth-order valence-electron chi connectivity index (χ4n) is 3.85. The van der Waals surface area contributed by atoms with Gasteiger partial charge in [0.2, 0.25) is 6.33 Å². The van der Waals surface area contributed by atoms with Crippen molar-refractivity contribution in [3.05, 3.63) is 18.7 Å². The van der Waals surface area contributed by atoms with E-state index in [-0.39, 0.29) is 17.0 Å². The van der Waals surface area contributed by atoms with E-state index in [0.29, 0.717) is 13.2 Å². The van der Waals surface area contributed by atoms with Crippen molar-refractivity contribution in [2.75, 3.05) is 13.2 Å². The molecule has 30 heavy (non-hydrogen) atoms. The number of nitrogens with zero attached hydrogens (tertiary/aromatic N) is 2. The summed E-state index contributed by atoms with van der Waals surface area (Å²) in [5.41, 5.74) is 0. The van der Waals surface area contributed by atoms with Crippen molar-refractivity contribution in [2.45, 2.75) is 129 Å². The molecule has 0 aliphatic carbocycles. The summed E-state index contributed by atoms with van der Waals surface area (Å²) in [5, 5.41) is 10.1. The Morgan fingerprint density at radius 1 is 0.800 bits per heavy atom. The molecule has 0 amide bonds. The average Bonchev–Trinajstić information content (AvgIpc) is 3.14. The van der Waals surface area contributed by atoms with Gasteiger partial charge in [-0.3, -0.25) is 0 Å². The van der Waals surface area contributed by atoms with Crippen LogP contribution in [0.15, 0.2) is 18.7 Å². The number of hydrogen-bond donors (Lipinski definition) is 1. The molecule has 1 aromatic heterocycles. The van der Waals surface area contributed by atoms with E-state index in [2.05, 4.69) is 30.9 Å². The maximum atomic E-state index is 10.1. The Bertz CT molecular complexity index is 468. The number of aryl methyl sites for hydroxylation is 1. The number of hydrogen-bond acceptors (Lipinski definition) is 2. The Morgan fingerprint density at radius 3 is 1.87 bits per heavy atom. The number of ether oxygens (including phenoxy) is 1. The molecule has 0 aliphatic rings. The van der Waals surface area contributed by atoms with E-state index in [1.54, 1.807) is 0 Å². The zero-order valence-electron chi connectivity index (χ0n) is 19.9. The van der Waals surface area contributed by atoms with Crippen LogP contribution in [0.4, 0.5) is 0 Å². The van der Waals surface area contributed by atoms with Crippen LogP contribution in [0.5, 0.6) is 0 Å². The van der Waals surface area contributed by atoms with Gasteiger partial charge < -0.3 is 26.8 Å². The van der Waals surface area contributed by atoms with Crippen molar-refractivity contribution < 1.29 is 31.4 Å². The fraction of sp³-hybridized carbons (Fsp3) is 0.880. The molecule has 1 atom stereocenters. The summed E-state index contributed by atoms with van der Waals surface area (Å²) in [5.74, 6) is 0. The fourth-order valence-corrected chi connectivity index (χ4v) is 3.85. The minimum absolute atomic E-state index is 0. The maximum Gasteiger partial charge on any atom is 0.243 e. The van der Waals surface area contributed by atoms with Crippen LogP contribution in [0.25, 0.3) is 0 Å². The summed E-state index contributed by atoms with van der Waals surface area (Å²) in [6.45, 7) is 7.30. The van der Waals surface area contributed by atoms with Crippen LogP contribution in [-0.2, 0) is 17.8 Å². The Balaban J connectivity index is 0.00000841. The molecular weight excluding hydrogens is 440 g/mol. The molecule has 0 aromatic carbocycles. The average molecular weight is 490 g/mol. The molecule has 4 nitrogen and oxygen atoms in total. The summed E-state index contributed by atoms with van der Waals surface area (Å²) < 4.78 is 9.85. The molecule has 0 fully saturated rings. The van der Waals surface area contributed by atoms with Gasteiger partial charge in [0.25, 0.3) is 0 Å². The second-order valence-electron chi connectivity index (χ2n) is 8.67. The minimum Gasteiger partial charge on any atom is -1.00 e. The number of halogens is 1. The van der Waals surface area contributed by atoms with Crippen LogP contribution in [0.2, 0.25) is 0 Å². The lowest BCUT2D eigenvalue weighted by atomic mass is 10.0. The normalized spacial score (nSPS) is 12.1. The summed E-state index contributed by atoms with van der Waals surface area (Å²) in [6.07, 6.45) is 26.1. The van der Waals surface area contributed by atoms with Crippen molar-refractivity contribution in [3.63, 3.8) is 0 Å². The van der Waals surface area contributed by atoms with Crippen LogP contribution in [0, 0.1) is 0 Å². The van der Waals surface area contributed by atoms with Crippen LogP contribution in [0.1, 0.15) is 110 Å². The zero-order chi connectivity index (χ0) is 21.0. The highest BCUT2D eigenvalue weighted by Crippen LogP contribution is 2.12. The maximum absolute atomic E-state index is 10.1. The van der Waals surface area contributed by atoms with E-state index in [4.69, 9.17) is 4.74 Å². The number of aliphatic hydroxyl groups excluding tert-OH is 1. The van der Waals surface area contributed by atoms with Crippen molar-refractivity contribution >= 4 is 0 Å². The van der Waals surface area contributed by atoms with Crippen molar-refractivity contribution in [3.8, 4) is 0 Å². The van der Waals surface area contributed by atoms with Crippen molar-refractivity contribution in [1.29, 1.82) is 0 Å². The van der Waals surface area contributed by atoms with E-state index >= 15 is 0 Å². The molecule has 0 bridgehead atoms. The number of unbranched alkanes of at least 4 members (excludes halogenated alkanes) is 13. The Labute approximate surface area is 197 Å². The van der Waals surface area contributed by atoms with Crippen LogP contribution in [-0.4, -0.2) is 29.0 Å². The van der Waals surface area contributed by atoms with Gasteiger partial charge in [0.05, 0.1) is 13.2 Å². The number of rotatable bonds is 21. The molecule has 1 unspecified atom stereocenters. The molecule has 0 saturated carbocycles. The van der Waals surface area contributed by atoms with E-state index in [0.717, 1.165) is 26.0 Å². The molecule has 0 saturated heterocycles. The van der Waals surface area contributed by atoms with E-state index in [1.807, 2.05) is 10.8 Å². The largest absolute Gasteiger partial charge is 1.00 e. The number of imidazole rings is 1. The van der Waals surface area contributed by atoms with Gasteiger partial charge in [-0.1, -0.05) is 97.3 Å². The Kier molecular flexibility index (Phi) is 21.5. The summed E-state index contributed by atoms with van der Waals surface area (Å²) in [4.78, 5) is 0. The number of aromatic nitrogens is 2. The molecule has 1 rings (SSSR count). The zero-order valence-corrected chi connectivity index (χ0v) is 21.5. The monoisotopic (exact) mass is 488 g/mol. The molecule has 178 valence electrons. The highest BCUT2D eigenvalue weighted by molar-refractivity contribution is 4.66. The molecule has 0 aliphatic heterocycles. The van der Waals surface area contributed by atoms with E-state index < -0.39 is 6.10 Å². The topological polar surface area (TPSA) is 38.3 Å². The molecule has 1 N–H and O–H groups in total. The lowest BCUT2D eigenvalue weighted by Gasteiger charge is -2.09. The van der Waals surface area contributed by atoms with E-state index in [9.17, 15) is 5.11 Å². The standard InChI is InChI=1S/C25H49N2O2.BrH/c1-3-5-6-7-8-9-10-11-12-13-14-15-16-17-21-29-23-25(28)22-27-20-19-26(24-27)18-4-2;/h19-20,24-25,28H,3-18,21-23H2,1-2H3;1H/q+1;/p-1. The van der Waals surface area contributed by atoms with Gasteiger partial charge in [0.15, 0.2) is 0 Å². The highest BCUT2D eigenvalue weighted by Gasteiger charge is 2.10. The highest BCUT2D eigenvalue weighted by atomic mass is 79.9. The molecule has 0 radical (unpaired) electrons. The van der Waals surface area contributed by atoms with Gasteiger partial charge in [-0.25, -0.2) is 9.13 Å². The molecule has 0 spiro atoms. The smallest absolute Gasteiger partial charge is 0.243 e. The van der Waals surface area contributed by atoms with Gasteiger partial charge in [-0.05, 0) is 12.8 Å². The number of aliphatic hydroxyl groups is 1. The first kappa shape index (κ1) is 29.6. The van der Waals surface area contributed by atoms with Crippen LogP contribution in [0.3, 0.4) is 0 Å². The van der Waals surface area contributed by atoms with Crippen LogP contribution >= 0.6 is 0 Å². The van der Waals surface area contributed by atoms with Crippen molar-refractivity contribution in [2.24, 2.45) is 0 Å². The van der Waals surface area contributed by atoms with Gasteiger partial charge in [-0.15, -0.1) is 0 Å². The lowest BCUT2D eigenvalue weighted by molar-refractivity contribution is -0.703. The molecule has 5 heteroatoms. The second kappa shape index (κ2) is 21.8. The third-order valence-corrected chi connectivity index (χ3v) is 5.60. The van der Waals surface area contributed by atoms with Gasteiger partial charge in [0, 0.05) is 6.61 Å². The third-order valence-electron chi connectivity index (χ3n) is 5.60.